The van der Waals surface area contributed by atoms with Gasteiger partial charge in [-0.1, -0.05) is 12.1 Å². The lowest BCUT2D eigenvalue weighted by atomic mass is 10.2. The van der Waals surface area contributed by atoms with Crippen molar-refractivity contribution in [2.45, 2.75) is 13.5 Å². The third-order valence-corrected chi connectivity index (χ3v) is 2.93. The number of nitrogens with two attached hydrogens (primary N) is 1. The van der Waals surface area contributed by atoms with Crippen molar-refractivity contribution in [3.63, 3.8) is 0 Å². The Kier molecular flexibility index (Phi) is 3.76. The number of aromatic nitrogens is 1. The summed E-state index contributed by atoms with van der Waals surface area (Å²) in [5.41, 5.74) is 8.79. The molecule has 1 heterocycles. The Morgan fingerprint density at radius 1 is 1.29 bits per heavy atom. The van der Waals surface area contributed by atoms with Gasteiger partial charge in [0.05, 0.1) is 0 Å². The molecule has 0 aliphatic heterocycles. The fraction of sp³-hybridized carbons (Fsp3) is 0.154. The van der Waals surface area contributed by atoms with Gasteiger partial charge in [-0.2, -0.15) is 0 Å². The third-order valence-electron chi connectivity index (χ3n) is 2.50. The lowest BCUT2D eigenvalue weighted by Gasteiger charge is -2.09. The maximum absolute atomic E-state index is 5.56. The van der Waals surface area contributed by atoms with Gasteiger partial charge >= 0.3 is 0 Å². The monoisotopic (exact) mass is 291 g/mol. The first kappa shape index (κ1) is 12.1. The highest BCUT2D eigenvalue weighted by Gasteiger charge is 2.01. The van der Waals surface area contributed by atoms with Gasteiger partial charge in [0.2, 0.25) is 0 Å². The van der Waals surface area contributed by atoms with E-state index in [1.807, 2.05) is 37.3 Å². The molecule has 0 saturated carbocycles. The van der Waals surface area contributed by atoms with Crippen LogP contribution in [0.2, 0.25) is 0 Å². The van der Waals surface area contributed by atoms with E-state index in [0.29, 0.717) is 6.54 Å². The number of nitrogens with one attached hydrogen (secondary N) is 1. The van der Waals surface area contributed by atoms with Crippen LogP contribution >= 0.6 is 15.9 Å². The lowest BCUT2D eigenvalue weighted by molar-refractivity contribution is 1.07. The van der Waals surface area contributed by atoms with E-state index in [0.717, 1.165) is 27.1 Å². The molecule has 0 saturated heterocycles. The van der Waals surface area contributed by atoms with E-state index in [1.54, 1.807) is 6.20 Å². The van der Waals surface area contributed by atoms with Crippen LogP contribution < -0.4 is 11.1 Å². The van der Waals surface area contributed by atoms with Crippen LogP contribution in [0.3, 0.4) is 0 Å². The standard InChI is InChI=1S/C13H14BrN3/c1-9-6-11(14)8-16-13(9)17-12-4-2-10(7-15)3-5-12/h2-6,8H,7,15H2,1H3,(H,16,17). The van der Waals surface area contributed by atoms with E-state index >= 15 is 0 Å². The van der Waals surface area contributed by atoms with Gasteiger partial charge in [0, 0.05) is 22.9 Å². The van der Waals surface area contributed by atoms with Gasteiger partial charge < -0.3 is 11.1 Å². The van der Waals surface area contributed by atoms with Crippen molar-refractivity contribution in [3.8, 4) is 0 Å². The molecule has 0 radical (unpaired) electrons. The van der Waals surface area contributed by atoms with Gasteiger partial charge in [0.25, 0.3) is 0 Å². The average Bonchev–Trinajstić information content (AvgIpc) is 2.34. The van der Waals surface area contributed by atoms with Crippen molar-refractivity contribution in [3.05, 3.63) is 52.1 Å². The zero-order valence-electron chi connectivity index (χ0n) is 9.57. The van der Waals surface area contributed by atoms with E-state index in [4.69, 9.17) is 5.73 Å². The Bertz CT molecular complexity index is 509. The largest absolute Gasteiger partial charge is 0.340 e. The first-order valence-electron chi connectivity index (χ1n) is 5.37. The molecule has 0 fully saturated rings. The summed E-state index contributed by atoms with van der Waals surface area (Å²) in [5.74, 6) is 0.869. The summed E-state index contributed by atoms with van der Waals surface area (Å²) < 4.78 is 0.985. The van der Waals surface area contributed by atoms with Crippen molar-refractivity contribution in [2.75, 3.05) is 5.32 Å². The molecule has 1 aromatic heterocycles. The van der Waals surface area contributed by atoms with Gasteiger partial charge in [-0.05, 0) is 52.2 Å². The Morgan fingerprint density at radius 3 is 2.59 bits per heavy atom. The molecule has 3 nitrogen and oxygen atoms in total. The fourth-order valence-electron chi connectivity index (χ4n) is 1.53. The summed E-state index contributed by atoms with van der Waals surface area (Å²) in [4.78, 5) is 4.33. The van der Waals surface area contributed by atoms with Crippen LogP contribution in [-0.2, 0) is 6.54 Å². The number of nitrogens with zero attached hydrogens (tertiary/aromatic N) is 1. The Labute approximate surface area is 109 Å². The third kappa shape index (κ3) is 3.05. The van der Waals surface area contributed by atoms with Crippen molar-refractivity contribution in [2.24, 2.45) is 5.73 Å². The summed E-state index contributed by atoms with van der Waals surface area (Å²) in [6.07, 6.45) is 1.78. The second kappa shape index (κ2) is 5.29. The number of hydrogen-bond donors (Lipinski definition) is 2. The quantitative estimate of drug-likeness (QED) is 0.912. The van der Waals surface area contributed by atoms with Crippen molar-refractivity contribution >= 4 is 27.4 Å². The highest BCUT2D eigenvalue weighted by molar-refractivity contribution is 9.10. The molecule has 0 bridgehead atoms. The SMILES string of the molecule is Cc1cc(Br)cnc1Nc1ccc(CN)cc1. The van der Waals surface area contributed by atoms with Crippen LogP contribution in [0.4, 0.5) is 11.5 Å². The van der Waals surface area contributed by atoms with Crippen LogP contribution in [-0.4, -0.2) is 4.98 Å². The molecule has 2 rings (SSSR count). The Balaban J connectivity index is 2.19. The number of anilines is 2. The summed E-state index contributed by atoms with van der Waals surface area (Å²) in [6.45, 7) is 2.59. The van der Waals surface area contributed by atoms with Crippen molar-refractivity contribution in [1.29, 1.82) is 0 Å². The molecule has 0 aliphatic carbocycles. The first-order valence-corrected chi connectivity index (χ1v) is 6.16. The van der Waals surface area contributed by atoms with Crippen molar-refractivity contribution in [1.82, 2.24) is 4.98 Å². The van der Waals surface area contributed by atoms with Crippen LogP contribution in [0.5, 0.6) is 0 Å². The molecule has 0 unspecified atom stereocenters. The molecule has 1 aromatic carbocycles. The molecule has 88 valence electrons. The summed E-state index contributed by atoms with van der Waals surface area (Å²) in [5, 5.41) is 3.28. The molecule has 17 heavy (non-hydrogen) atoms. The number of rotatable bonds is 3. The average molecular weight is 292 g/mol. The molecule has 2 aromatic rings. The number of benzene rings is 1. The predicted molar refractivity (Wildman–Crippen MR) is 74.3 cm³/mol. The zero-order chi connectivity index (χ0) is 12.3. The van der Waals surface area contributed by atoms with E-state index in [2.05, 4.69) is 26.2 Å². The first-order chi connectivity index (χ1) is 8.19. The molecular formula is C13H14BrN3. The summed E-state index contributed by atoms with van der Waals surface area (Å²) in [6, 6.07) is 10.1. The molecule has 0 atom stereocenters. The van der Waals surface area contributed by atoms with E-state index in [-0.39, 0.29) is 0 Å². The zero-order valence-corrected chi connectivity index (χ0v) is 11.2. The van der Waals surface area contributed by atoms with Crippen LogP contribution in [0, 0.1) is 6.92 Å². The normalized spacial score (nSPS) is 10.3. The van der Waals surface area contributed by atoms with E-state index < -0.39 is 0 Å². The minimum Gasteiger partial charge on any atom is -0.340 e. The molecule has 0 amide bonds. The van der Waals surface area contributed by atoms with Gasteiger partial charge in [-0.3, -0.25) is 0 Å². The maximum atomic E-state index is 5.56. The molecule has 0 spiro atoms. The number of pyridine rings is 1. The second-order valence-corrected chi connectivity index (χ2v) is 4.76. The van der Waals surface area contributed by atoms with Gasteiger partial charge in [-0.25, -0.2) is 4.98 Å². The minimum absolute atomic E-state index is 0.565. The number of hydrogen-bond acceptors (Lipinski definition) is 3. The second-order valence-electron chi connectivity index (χ2n) is 3.85. The lowest BCUT2D eigenvalue weighted by Crippen LogP contribution is -1.98. The van der Waals surface area contributed by atoms with Crippen LogP contribution in [0.25, 0.3) is 0 Å². The van der Waals surface area contributed by atoms with Crippen LogP contribution in [0.1, 0.15) is 11.1 Å². The maximum Gasteiger partial charge on any atom is 0.133 e. The highest BCUT2D eigenvalue weighted by Crippen LogP contribution is 2.21. The smallest absolute Gasteiger partial charge is 0.133 e. The molecule has 4 heteroatoms. The highest BCUT2D eigenvalue weighted by atomic mass is 79.9. The van der Waals surface area contributed by atoms with E-state index in [1.165, 1.54) is 0 Å². The van der Waals surface area contributed by atoms with E-state index in [9.17, 15) is 0 Å². The van der Waals surface area contributed by atoms with Gasteiger partial charge in [0.1, 0.15) is 5.82 Å². The summed E-state index contributed by atoms with van der Waals surface area (Å²) >= 11 is 3.40. The Morgan fingerprint density at radius 2 is 2.00 bits per heavy atom. The summed E-state index contributed by atoms with van der Waals surface area (Å²) in [7, 11) is 0. The molecule has 3 N–H and O–H groups in total. The minimum atomic E-state index is 0.565. The number of halogens is 1. The fourth-order valence-corrected chi connectivity index (χ4v) is 1.98. The van der Waals surface area contributed by atoms with Gasteiger partial charge in [-0.15, -0.1) is 0 Å². The van der Waals surface area contributed by atoms with Crippen LogP contribution in [0.15, 0.2) is 41.0 Å². The van der Waals surface area contributed by atoms with Crippen molar-refractivity contribution < 1.29 is 0 Å². The number of aryl methyl sites for hydroxylation is 1. The Hall–Kier alpha value is -1.39. The van der Waals surface area contributed by atoms with Gasteiger partial charge in [0.15, 0.2) is 0 Å². The predicted octanol–water partition coefficient (Wildman–Crippen LogP) is 3.35. The molecule has 0 aliphatic rings. The molecular weight excluding hydrogens is 278 g/mol. The topological polar surface area (TPSA) is 50.9 Å².